The number of nitrogens with zero attached hydrogens (tertiary/aromatic N) is 1. The quantitative estimate of drug-likeness (QED) is 0.819. The first-order chi connectivity index (χ1) is 9.70. The van der Waals surface area contributed by atoms with Crippen LogP contribution >= 0.6 is 12.2 Å². The highest BCUT2D eigenvalue weighted by Crippen LogP contribution is 2.35. The van der Waals surface area contributed by atoms with Gasteiger partial charge in [0, 0.05) is 12.1 Å². The van der Waals surface area contributed by atoms with Crippen molar-refractivity contribution in [2.75, 3.05) is 7.11 Å². The molecule has 0 spiro atoms. The van der Waals surface area contributed by atoms with Gasteiger partial charge in [-0.25, -0.2) is 0 Å². The topological polar surface area (TPSA) is 29.9 Å². The molecule has 3 nitrogen and oxygen atoms in total. The van der Waals surface area contributed by atoms with Crippen LogP contribution in [0, 0.1) is 10.7 Å². The molecule has 1 heterocycles. The minimum Gasteiger partial charge on any atom is -0.497 e. The summed E-state index contributed by atoms with van der Waals surface area (Å²) in [6.45, 7) is 2.30. The number of rotatable bonds is 3. The summed E-state index contributed by atoms with van der Waals surface area (Å²) in [4.78, 5) is 3.32. The molecule has 4 heteroatoms. The van der Waals surface area contributed by atoms with Gasteiger partial charge in [0.05, 0.1) is 18.1 Å². The molecule has 0 saturated heterocycles. The third-order valence-electron chi connectivity index (χ3n) is 4.66. The summed E-state index contributed by atoms with van der Waals surface area (Å²) in [6, 6.07) is 6.56. The van der Waals surface area contributed by atoms with Crippen LogP contribution in [0.1, 0.15) is 45.1 Å². The van der Waals surface area contributed by atoms with Gasteiger partial charge < -0.3 is 14.3 Å². The first-order valence-electron chi connectivity index (χ1n) is 7.49. The van der Waals surface area contributed by atoms with Gasteiger partial charge in [-0.2, -0.15) is 0 Å². The maximum Gasteiger partial charge on any atom is 0.178 e. The predicted octanol–water partition coefficient (Wildman–Crippen LogP) is 4.85. The molecule has 1 fully saturated rings. The predicted molar refractivity (Wildman–Crippen MR) is 85.0 cm³/mol. The normalized spacial score (nSPS) is 18.3. The van der Waals surface area contributed by atoms with Crippen LogP contribution in [-0.2, 0) is 0 Å². The average molecular weight is 290 g/mol. The van der Waals surface area contributed by atoms with Crippen LogP contribution in [0.3, 0.4) is 0 Å². The average Bonchev–Trinajstić information content (AvgIpc) is 2.82. The summed E-state index contributed by atoms with van der Waals surface area (Å²) >= 11 is 5.54. The molecule has 0 bridgehead atoms. The molecule has 1 unspecified atom stereocenters. The molecule has 0 amide bonds. The second kappa shape index (κ2) is 5.60. The Morgan fingerprint density at radius 3 is 2.75 bits per heavy atom. The first kappa shape index (κ1) is 13.7. The van der Waals surface area contributed by atoms with Gasteiger partial charge in [-0.05, 0) is 50.0 Å². The fourth-order valence-electron chi connectivity index (χ4n) is 3.46. The Morgan fingerprint density at radius 2 is 2.05 bits per heavy atom. The molecule has 1 saturated carbocycles. The zero-order chi connectivity index (χ0) is 14.1. The number of benzene rings is 1. The number of hydrogen-bond acceptors (Lipinski definition) is 2. The van der Waals surface area contributed by atoms with E-state index in [2.05, 4.69) is 22.5 Å². The minimum absolute atomic E-state index is 0.448. The lowest BCUT2D eigenvalue weighted by atomic mass is 9.84. The van der Waals surface area contributed by atoms with E-state index in [1.165, 1.54) is 32.1 Å². The number of imidazole rings is 1. The van der Waals surface area contributed by atoms with Gasteiger partial charge in [0.1, 0.15) is 5.75 Å². The van der Waals surface area contributed by atoms with Gasteiger partial charge in [-0.1, -0.05) is 19.3 Å². The van der Waals surface area contributed by atoms with Crippen LogP contribution < -0.4 is 4.74 Å². The molecule has 2 aromatic rings. The molecule has 0 aliphatic heterocycles. The number of ether oxygens (including phenoxy) is 1. The number of aromatic amines is 1. The molecule has 108 valence electrons. The van der Waals surface area contributed by atoms with E-state index in [0.717, 1.165) is 27.5 Å². The zero-order valence-electron chi connectivity index (χ0n) is 12.2. The molecule has 3 rings (SSSR count). The fourth-order valence-corrected chi connectivity index (χ4v) is 3.83. The van der Waals surface area contributed by atoms with Gasteiger partial charge in [-0.15, -0.1) is 0 Å². The highest BCUT2D eigenvalue weighted by molar-refractivity contribution is 7.71. The molecule has 1 aromatic heterocycles. The molecule has 0 radical (unpaired) electrons. The molecular formula is C16H22N2OS. The number of fused-ring (bicyclic) bond motifs is 1. The summed E-state index contributed by atoms with van der Waals surface area (Å²) in [5.74, 6) is 1.62. The van der Waals surface area contributed by atoms with Crippen molar-refractivity contribution in [1.29, 1.82) is 0 Å². The number of aromatic nitrogens is 2. The van der Waals surface area contributed by atoms with Gasteiger partial charge in [0.15, 0.2) is 4.77 Å². The Hall–Kier alpha value is -1.29. The maximum absolute atomic E-state index is 5.54. The molecule has 1 atom stereocenters. The molecule has 1 aliphatic carbocycles. The Morgan fingerprint density at radius 1 is 1.30 bits per heavy atom. The van der Waals surface area contributed by atoms with Crippen molar-refractivity contribution in [3.05, 3.63) is 23.0 Å². The van der Waals surface area contributed by atoms with Gasteiger partial charge in [0.2, 0.25) is 0 Å². The van der Waals surface area contributed by atoms with E-state index in [0.29, 0.717) is 6.04 Å². The van der Waals surface area contributed by atoms with E-state index >= 15 is 0 Å². The monoisotopic (exact) mass is 290 g/mol. The molecular weight excluding hydrogens is 268 g/mol. The highest BCUT2D eigenvalue weighted by Gasteiger charge is 2.23. The third kappa shape index (κ3) is 2.37. The second-order valence-electron chi connectivity index (χ2n) is 5.82. The smallest absolute Gasteiger partial charge is 0.178 e. The van der Waals surface area contributed by atoms with Crippen LogP contribution in [0.5, 0.6) is 5.75 Å². The van der Waals surface area contributed by atoms with Crippen molar-refractivity contribution in [1.82, 2.24) is 9.55 Å². The van der Waals surface area contributed by atoms with E-state index in [1.54, 1.807) is 7.11 Å². The van der Waals surface area contributed by atoms with Crippen LogP contribution in [0.25, 0.3) is 11.0 Å². The zero-order valence-corrected chi connectivity index (χ0v) is 13.0. The van der Waals surface area contributed by atoms with Crippen molar-refractivity contribution in [2.24, 2.45) is 5.92 Å². The van der Waals surface area contributed by atoms with E-state index < -0.39 is 0 Å². The standard InChI is InChI=1S/C16H22N2OS/c1-11(12-6-4-3-5-7-12)18-15-10-13(19-2)8-9-14(15)17-16(18)20/h8-12H,3-7H2,1-2H3,(H,17,20). The summed E-state index contributed by atoms with van der Waals surface area (Å²) < 4.78 is 8.46. The molecule has 1 aromatic carbocycles. The van der Waals surface area contributed by atoms with Gasteiger partial charge in [-0.3, -0.25) is 0 Å². The highest BCUT2D eigenvalue weighted by atomic mass is 32.1. The Balaban J connectivity index is 2.04. The number of H-pyrrole nitrogens is 1. The maximum atomic E-state index is 5.54. The van der Waals surface area contributed by atoms with Crippen molar-refractivity contribution in [3.8, 4) is 5.75 Å². The second-order valence-corrected chi connectivity index (χ2v) is 6.21. The van der Waals surface area contributed by atoms with E-state index in [4.69, 9.17) is 17.0 Å². The van der Waals surface area contributed by atoms with Crippen molar-refractivity contribution in [3.63, 3.8) is 0 Å². The minimum atomic E-state index is 0.448. The lowest BCUT2D eigenvalue weighted by Crippen LogP contribution is -2.19. The lowest BCUT2D eigenvalue weighted by Gasteiger charge is -2.29. The first-order valence-corrected chi connectivity index (χ1v) is 7.90. The molecule has 20 heavy (non-hydrogen) atoms. The summed E-state index contributed by atoms with van der Waals surface area (Å²) in [5.41, 5.74) is 2.26. The summed E-state index contributed by atoms with van der Waals surface area (Å²) in [6.07, 6.45) is 6.73. The van der Waals surface area contributed by atoms with Crippen LogP contribution in [0.4, 0.5) is 0 Å². The Bertz CT molecular complexity index is 652. The largest absolute Gasteiger partial charge is 0.497 e. The number of nitrogens with one attached hydrogen (secondary N) is 1. The van der Waals surface area contributed by atoms with Gasteiger partial charge in [0.25, 0.3) is 0 Å². The Labute approximate surface area is 125 Å². The van der Waals surface area contributed by atoms with E-state index in [9.17, 15) is 0 Å². The molecule has 1 N–H and O–H groups in total. The summed E-state index contributed by atoms with van der Waals surface area (Å²) in [5, 5.41) is 0. The van der Waals surface area contributed by atoms with Gasteiger partial charge >= 0.3 is 0 Å². The van der Waals surface area contributed by atoms with Crippen LogP contribution in [0.2, 0.25) is 0 Å². The lowest BCUT2D eigenvalue weighted by molar-refractivity contribution is 0.266. The SMILES string of the molecule is COc1ccc2[nH]c(=S)n(C(C)C3CCCCC3)c2c1. The fraction of sp³-hybridized carbons (Fsp3) is 0.562. The van der Waals surface area contributed by atoms with E-state index in [-0.39, 0.29) is 0 Å². The van der Waals surface area contributed by atoms with Crippen LogP contribution in [-0.4, -0.2) is 16.7 Å². The Kier molecular flexibility index (Phi) is 3.83. The van der Waals surface area contributed by atoms with Crippen molar-refractivity contribution in [2.45, 2.75) is 45.1 Å². The number of methoxy groups -OCH3 is 1. The van der Waals surface area contributed by atoms with Crippen LogP contribution in [0.15, 0.2) is 18.2 Å². The summed E-state index contributed by atoms with van der Waals surface area (Å²) in [7, 11) is 1.71. The van der Waals surface area contributed by atoms with Crippen molar-refractivity contribution >= 4 is 23.3 Å². The third-order valence-corrected chi connectivity index (χ3v) is 4.96. The number of hydrogen-bond donors (Lipinski definition) is 1. The van der Waals surface area contributed by atoms with E-state index in [1.807, 2.05) is 12.1 Å². The van der Waals surface area contributed by atoms with Crippen molar-refractivity contribution < 1.29 is 4.74 Å². The molecule has 1 aliphatic rings.